The van der Waals surface area contributed by atoms with E-state index in [0.717, 1.165) is 11.4 Å². The highest BCUT2D eigenvalue weighted by molar-refractivity contribution is 6.30. The van der Waals surface area contributed by atoms with Crippen molar-refractivity contribution >= 4 is 23.2 Å². The molecule has 7 nitrogen and oxygen atoms in total. The largest absolute Gasteiger partial charge is 0.497 e. The molecule has 1 saturated heterocycles. The lowest BCUT2D eigenvalue weighted by atomic mass is 10.1. The first-order valence-electron chi connectivity index (χ1n) is 8.71. The molecule has 144 valence electrons. The molecule has 28 heavy (non-hydrogen) atoms. The molecule has 1 amide bonds. The van der Waals surface area contributed by atoms with Crippen LogP contribution in [0.5, 0.6) is 11.5 Å². The Morgan fingerprint density at radius 2 is 1.93 bits per heavy atom. The number of methoxy groups -OCH3 is 2. The van der Waals surface area contributed by atoms with Gasteiger partial charge in [-0.1, -0.05) is 16.8 Å². The molecule has 0 N–H and O–H groups in total. The van der Waals surface area contributed by atoms with Crippen LogP contribution in [0.3, 0.4) is 0 Å². The third kappa shape index (κ3) is 3.41. The standard InChI is InChI=1S/C20H18ClN3O4/c1-26-15-6-4-14(5-7-15)24-11-12(9-18(24)25)19-22-20(28-23-19)16-8-3-13(21)10-17(16)27-2/h3-8,10,12H,9,11H2,1-2H3/t12-/m0/s1. The molecule has 0 unspecified atom stereocenters. The summed E-state index contributed by atoms with van der Waals surface area (Å²) in [6.45, 7) is 0.488. The van der Waals surface area contributed by atoms with E-state index in [0.29, 0.717) is 41.0 Å². The molecule has 3 aromatic rings. The van der Waals surface area contributed by atoms with Crippen molar-refractivity contribution in [2.45, 2.75) is 12.3 Å². The average Bonchev–Trinajstić information content (AvgIpc) is 3.35. The highest BCUT2D eigenvalue weighted by atomic mass is 35.5. The molecule has 1 fully saturated rings. The zero-order chi connectivity index (χ0) is 19.7. The number of hydrogen-bond acceptors (Lipinski definition) is 6. The fraction of sp³-hybridized carbons (Fsp3) is 0.250. The molecule has 2 heterocycles. The fourth-order valence-corrected chi connectivity index (χ4v) is 3.41. The Bertz CT molecular complexity index is 1000. The minimum absolute atomic E-state index is 0.0191. The monoisotopic (exact) mass is 399 g/mol. The van der Waals surface area contributed by atoms with Gasteiger partial charge in [0.2, 0.25) is 5.91 Å². The number of carbonyl (C=O) groups is 1. The van der Waals surface area contributed by atoms with Gasteiger partial charge in [-0.15, -0.1) is 0 Å². The van der Waals surface area contributed by atoms with Gasteiger partial charge in [0.15, 0.2) is 5.82 Å². The lowest BCUT2D eigenvalue weighted by Crippen LogP contribution is -2.24. The maximum Gasteiger partial charge on any atom is 0.261 e. The van der Waals surface area contributed by atoms with Gasteiger partial charge in [0, 0.05) is 29.6 Å². The number of carbonyl (C=O) groups excluding carboxylic acids is 1. The smallest absolute Gasteiger partial charge is 0.261 e. The summed E-state index contributed by atoms with van der Waals surface area (Å²) in [5.41, 5.74) is 1.47. The van der Waals surface area contributed by atoms with Gasteiger partial charge in [-0.25, -0.2) is 0 Å². The summed E-state index contributed by atoms with van der Waals surface area (Å²) in [5, 5.41) is 4.64. The number of nitrogens with zero attached hydrogens (tertiary/aromatic N) is 3. The number of halogens is 1. The first kappa shape index (κ1) is 18.3. The van der Waals surface area contributed by atoms with Crippen molar-refractivity contribution in [2.24, 2.45) is 0 Å². The molecule has 4 rings (SSSR count). The molecular formula is C20H18ClN3O4. The molecule has 1 aliphatic rings. The van der Waals surface area contributed by atoms with Gasteiger partial charge in [-0.05, 0) is 42.5 Å². The predicted molar refractivity (Wildman–Crippen MR) is 104 cm³/mol. The second kappa shape index (κ2) is 7.52. The van der Waals surface area contributed by atoms with Crippen LogP contribution in [0, 0.1) is 0 Å². The van der Waals surface area contributed by atoms with Gasteiger partial charge in [-0.2, -0.15) is 4.98 Å². The first-order valence-corrected chi connectivity index (χ1v) is 9.08. The molecule has 1 aromatic heterocycles. The van der Waals surface area contributed by atoms with Crippen LogP contribution in [0.25, 0.3) is 11.5 Å². The van der Waals surface area contributed by atoms with E-state index in [-0.39, 0.29) is 11.8 Å². The summed E-state index contributed by atoms with van der Waals surface area (Å²) < 4.78 is 15.9. The molecule has 0 spiro atoms. The minimum atomic E-state index is -0.148. The van der Waals surface area contributed by atoms with Crippen molar-refractivity contribution in [3.63, 3.8) is 0 Å². The maximum atomic E-state index is 12.5. The molecule has 0 radical (unpaired) electrons. The van der Waals surface area contributed by atoms with Crippen LogP contribution in [0.15, 0.2) is 47.0 Å². The van der Waals surface area contributed by atoms with Gasteiger partial charge in [0.25, 0.3) is 5.89 Å². The summed E-state index contributed by atoms with van der Waals surface area (Å²) in [6, 6.07) is 12.6. The molecule has 0 saturated carbocycles. The number of amides is 1. The molecule has 2 aromatic carbocycles. The number of anilines is 1. The molecule has 0 bridgehead atoms. The fourth-order valence-electron chi connectivity index (χ4n) is 3.24. The van der Waals surface area contributed by atoms with Crippen LogP contribution in [-0.4, -0.2) is 36.8 Å². The summed E-state index contributed by atoms with van der Waals surface area (Å²) in [5.74, 6) is 1.99. The van der Waals surface area contributed by atoms with E-state index >= 15 is 0 Å². The Labute approximate surface area is 166 Å². The Morgan fingerprint density at radius 3 is 2.64 bits per heavy atom. The first-order chi connectivity index (χ1) is 13.6. The zero-order valence-corrected chi connectivity index (χ0v) is 16.1. The highest BCUT2D eigenvalue weighted by Crippen LogP contribution is 2.35. The second-order valence-electron chi connectivity index (χ2n) is 6.41. The van der Waals surface area contributed by atoms with Crippen molar-refractivity contribution in [1.82, 2.24) is 10.1 Å². The SMILES string of the molecule is COc1ccc(N2C[C@@H](c3noc(-c4ccc(Cl)cc4OC)n3)CC2=O)cc1. The van der Waals surface area contributed by atoms with Crippen LogP contribution in [0.2, 0.25) is 5.02 Å². The van der Waals surface area contributed by atoms with Gasteiger partial charge >= 0.3 is 0 Å². The average molecular weight is 400 g/mol. The van der Waals surface area contributed by atoms with Gasteiger partial charge in [0.1, 0.15) is 11.5 Å². The van der Waals surface area contributed by atoms with E-state index in [1.165, 1.54) is 0 Å². The lowest BCUT2D eigenvalue weighted by molar-refractivity contribution is -0.117. The third-order valence-corrected chi connectivity index (χ3v) is 4.95. The van der Waals surface area contributed by atoms with Crippen LogP contribution in [0.4, 0.5) is 5.69 Å². The van der Waals surface area contributed by atoms with Gasteiger partial charge < -0.3 is 18.9 Å². The summed E-state index contributed by atoms with van der Waals surface area (Å²) in [6.07, 6.45) is 0.322. The van der Waals surface area contributed by atoms with Crippen molar-refractivity contribution < 1.29 is 18.8 Å². The quantitative estimate of drug-likeness (QED) is 0.647. The summed E-state index contributed by atoms with van der Waals surface area (Å²) in [4.78, 5) is 18.7. The van der Waals surface area contributed by atoms with Crippen molar-refractivity contribution in [2.75, 3.05) is 25.7 Å². The van der Waals surface area contributed by atoms with E-state index in [1.807, 2.05) is 24.3 Å². The van der Waals surface area contributed by atoms with E-state index in [9.17, 15) is 4.79 Å². The normalized spacial score (nSPS) is 16.5. The summed E-state index contributed by atoms with van der Waals surface area (Å²) >= 11 is 6.00. The molecule has 1 atom stereocenters. The van der Waals surface area contributed by atoms with E-state index < -0.39 is 0 Å². The number of hydrogen-bond donors (Lipinski definition) is 0. The summed E-state index contributed by atoms with van der Waals surface area (Å²) in [7, 11) is 3.16. The van der Waals surface area contributed by atoms with Crippen molar-refractivity contribution in [1.29, 1.82) is 0 Å². The van der Waals surface area contributed by atoms with Gasteiger partial charge in [-0.3, -0.25) is 4.79 Å². The van der Waals surface area contributed by atoms with E-state index in [1.54, 1.807) is 37.3 Å². The molecular weight excluding hydrogens is 382 g/mol. The van der Waals surface area contributed by atoms with Crippen LogP contribution >= 0.6 is 11.6 Å². The topological polar surface area (TPSA) is 77.7 Å². The second-order valence-corrected chi connectivity index (χ2v) is 6.84. The van der Waals surface area contributed by atoms with E-state index in [2.05, 4.69) is 10.1 Å². The third-order valence-electron chi connectivity index (χ3n) is 4.71. The Kier molecular flexibility index (Phi) is 4.92. The maximum absolute atomic E-state index is 12.5. The number of ether oxygens (including phenoxy) is 2. The molecule has 1 aliphatic heterocycles. The van der Waals surface area contributed by atoms with Crippen molar-refractivity contribution in [3.8, 4) is 23.0 Å². The minimum Gasteiger partial charge on any atom is -0.497 e. The predicted octanol–water partition coefficient (Wildman–Crippen LogP) is 3.93. The lowest BCUT2D eigenvalue weighted by Gasteiger charge is -2.16. The molecule has 0 aliphatic carbocycles. The number of aromatic nitrogens is 2. The number of benzene rings is 2. The van der Waals surface area contributed by atoms with E-state index in [4.69, 9.17) is 25.6 Å². The van der Waals surface area contributed by atoms with Crippen molar-refractivity contribution in [3.05, 3.63) is 53.3 Å². The Morgan fingerprint density at radius 1 is 1.14 bits per heavy atom. The van der Waals surface area contributed by atoms with Crippen LogP contribution in [-0.2, 0) is 4.79 Å². The van der Waals surface area contributed by atoms with Crippen LogP contribution in [0.1, 0.15) is 18.2 Å². The molecule has 8 heteroatoms. The highest BCUT2D eigenvalue weighted by Gasteiger charge is 2.34. The number of rotatable bonds is 5. The zero-order valence-electron chi connectivity index (χ0n) is 15.4. The van der Waals surface area contributed by atoms with Gasteiger partial charge in [0.05, 0.1) is 19.8 Å². The van der Waals surface area contributed by atoms with Crippen LogP contribution < -0.4 is 14.4 Å². The Hall–Kier alpha value is -3.06. The Balaban J connectivity index is 1.55.